The molecule has 21 heavy (non-hydrogen) atoms. The van der Waals surface area contributed by atoms with Crippen LogP contribution in [0.15, 0.2) is 35.7 Å². The minimum Gasteiger partial charge on any atom is -0.253 e. The summed E-state index contributed by atoms with van der Waals surface area (Å²) in [5.74, 6) is 0. The number of halogens is 1. The molecule has 0 radical (unpaired) electrons. The number of nitrogens with zero attached hydrogens (tertiary/aromatic N) is 3. The quantitative estimate of drug-likeness (QED) is 0.716. The lowest BCUT2D eigenvalue weighted by Crippen LogP contribution is -2.00. The Labute approximate surface area is 132 Å². The molecule has 0 bridgehead atoms. The molecule has 0 N–H and O–H groups in total. The van der Waals surface area contributed by atoms with Crippen LogP contribution in [0.25, 0.3) is 11.3 Å². The number of aromatic nitrogens is 3. The summed E-state index contributed by atoms with van der Waals surface area (Å²) in [6.45, 7) is 3.86. The van der Waals surface area contributed by atoms with Crippen LogP contribution in [0.5, 0.6) is 0 Å². The van der Waals surface area contributed by atoms with Gasteiger partial charge in [-0.25, -0.2) is 9.97 Å². The van der Waals surface area contributed by atoms with Crippen molar-refractivity contribution in [2.75, 3.05) is 0 Å². The third-order valence-corrected chi connectivity index (χ3v) is 4.42. The van der Waals surface area contributed by atoms with Gasteiger partial charge in [0.2, 0.25) is 0 Å². The second kappa shape index (κ2) is 5.92. The third-order valence-electron chi connectivity index (χ3n) is 3.27. The van der Waals surface area contributed by atoms with Gasteiger partial charge in [0.05, 0.1) is 27.8 Å². The molecule has 0 saturated heterocycles. The fourth-order valence-electron chi connectivity index (χ4n) is 2.01. The molecule has 0 atom stereocenters. The van der Waals surface area contributed by atoms with Crippen molar-refractivity contribution in [2.45, 2.75) is 20.3 Å². The molecule has 0 fully saturated rings. The first kappa shape index (κ1) is 14.2. The van der Waals surface area contributed by atoms with Gasteiger partial charge >= 0.3 is 0 Å². The van der Waals surface area contributed by atoms with E-state index in [1.807, 2.05) is 32.0 Å². The minimum absolute atomic E-state index is 0.467. The van der Waals surface area contributed by atoms with Gasteiger partial charge in [0.15, 0.2) is 5.15 Å². The molecular weight excluding hydrogens is 302 g/mol. The van der Waals surface area contributed by atoms with Crippen molar-refractivity contribution in [1.82, 2.24) is 15.0 Å². The van der Waals surface area contributed by atoms with Crippen LogP contribution >= 0.6 is 22.9 Å². The second-order valence-corrected chi connectivity index (χ2v) is 6.10. The maximum atomic E-state index is 6.18. The van der Waals surface area contributed by atoms with Gasteiger partial charge in [-0.15, -0.1) is 11.3 Å². The Balaban J connectivity index is 1.87. The topological polar surface area (TPSA) is 38.7 Å². The highest BCUT2D eigenvalue weighted by Crippen LogP contribution is 2.24. The number of hydrogen-bond acceptors (Lipinski definition) is 4. The molecule has 0 saturated carbocycles. The van der Waals surface area contributed by atoms with Gasteiger partial charge in [-0.2, -0.15) is 0 Å². The molecule has 3 aromatic rings. The van der Waals surface area contributed by atoms with Gasteiger partial charge < -0.3 is 0 Å². The molecule has 0 aliphatic heterocycles. The van der Waals surface area contributed by atoms with Crippen LogP contribution in [0.3, 0.4) is 0 Å². The molecule has 3 nitrogen and oxygen atoms in total. The summed E-state index contributed by atoms with van der Waals surface area (Å²) >= 11 is 7.80. The van der Waals surface area contributed by atoms with E-state index < -0.39 is 0 Å². The fourth-order valence-corrected chi connectivity index (χ4v) is 3.05. The smallest absolute Gasteiger partial charge is 0.151 e. The Bertz CT molecular complexity index is 768. The van der Waals surface area contributed by atoms with Crippen LogP contribution in [0.1, 0.15) is 22.1 Å². The zero-order valence-electron chi connectivity index (χ0n) is 11.8. The molecular formula is C16H14ClN3S. The molecule has 3 rings (SSSR count). The van der Waals surface area contributed by atoms with Crippen LogP contribution in [0, 0.1) is 13.8 Å². The first-order valence-electron chi connectivity index (χ1n) is 6.63. The van der Waals surface area contributed by atoms with Gasteiger partial charge in [-0.3, -0.25) is 4.98 Å². The van der Waals surface area contributed by atoms with Crippen molar-refractivity contribution in [3.8, 4) is 11.3 Å². The number of benzene rings is 1. The molecule has 1 aromatic carbocycles. The Hall–Kier alpha value is -1.78. The van der Waals surface area contributed by atoms with Crippen molar-refractivity contribution >= 4 is 22.9 Å². The van der Waals surface area contributed by atoms with E-state index in [0.717, 1.165) is 33.3 Å². The Morgan fingerprint density at radius 2 is 1.71 bits per heavy atom. The highest BCUT2D eigenvalue weighted by molar-refractivity contribution is 7.10. The highest BCUT2D eigenvalue weighted by atomic mass is 35.5. The van der Waals surface area contributed by atoms with Crippen LogP contribution in [0.2, 0.25) is 5.15 Å². The average Bonchev–Trinajstić information content (AvgIpc) is 2.94. The lowest BCUT2D eigenvalue weighted by atomic mass is 10.2. The average molecular weight is 316 g/mol. The van der Waals surface area contributed by atoms with Gasteiger partial charge in [-0.05, 0) is 13.8 Å². The largest absolute Gasteiger partial charge is 0.253 e. The first-order chi connectivity index (χ1) is 10.1. The second-order valence-electron chi connectivity index (χ2n) is 4.80. The van der Waals surface area contributed by atoms with Crippen molar-refractivity contribution in [2.24, 2.45) is 0 Å². The molecule has 2 heterocycles. The summed E-state index contributed by atoms with van der Waals surface area (Å²) in [5, 5.41) is 3.52. The lowest BCUT2D eigenvalue weighted by molar-refractivity contribution is 0.954. The molecule has 106 valence electrons. The first-order valence-corrected chi connectivity index (χ1v) is 7.88. The summed E-state index contributed by atoms with van der Waals surface area (Å²) in [7, 11) is 0. The molecule has 5 heteroatoms. The van der Waals surface area contributed by atoms with E-state index in [4.69, 9.17) is 11.6 Å². The van der Waals surface area contributed by atoms with Gasteiger partial charge in [0.1, 0.15) is 0 Å². The fraction of sp³-hybridized carbons (Fsp3) is 0.188. The lowest BCUT2D eigenvalue weighted by Gasteiger charge is -2.04. The molecule has 2 aromatic heterocycles. The van der Waals surface area contributed by atoms with Gasteiger partial charge in [-0.1, -0.05) is 41.9 Å². The van der Waals surface area contributed by atoms with Crippen molar-refractivity contribution < 1.29 is 0 Å². The zero-order valence-corrected chi connectivity index (χ0v) is 13.4. The maximum Gasteiger partial charge on any atom is 0.151 e. The van der Waals surface area contributed by atoms with E-state index >= 15 is 0 Å². The summed E-state index contributed by atoms with van der Waals surface area (Å²) in [6.07, 6.45) is 0.616. The Morgan fingerprint density at radius 1 is 1.00 bits per heavy atom. The van der Waals surface area contributed by atoms with E-state index in [0.29, 0.717) is 11.6 Å². The number of thiazole rings is 1. The van der Waals surface area contributed by atoms with Gasteiger partial charge in [0.25, 0.3) is 0 Å². The van der Waals surface area contributed by atoms with Crippen LogP contribution in [-0.2, 0) is 6.42 Å². The summed E-state index contributed by atoms with van der Waals surface area (Å²) in [4.78, 5) is 13.5. The predicted octanol–water partition coefficient (Wildman–Crippen LogP) is 4.46. The molecule has 0 spiro atoms. The summed E-state index contributed by atoms with van der Waals surface area (Å²) < 4.78 is 0. The Morgan fingerprint density at radius 3 is 2.48 bits per heavy atom. The zero-order chi connectivity index (χ0) is 14.8. The number of hydrogen-bond donors (Lipinski definition) is 0. The molecule has 0 aliphatic carbocycles. The summed E-state index contributed by atoms with van der Waals surface area (Å²) in [5.41, 5.74) is 4.68. The highest BCUT2D eigenvalue weighted by Gasteiger charge is 2.11. The normalized spacial score (nSPS) is 10.8. The monoisotopic (exact) mass is 315 g/mol. The van der Waals surface area contributed by atoms with Crippen LogP contribution in [-0.4, -0.2) is 15.0 Å². The molecule has 0 unspecified atom stereocenters. The van der Waals surface area contributed by atoms with Crippen LogP contribution in [0.4, 0.5) is 0 Å². The van der Waals surface area contributed by atoms with E-state index in [1.54, 1.807) is 11.3 Å². The maximum absolute atomic E-state index is 6.18. The number of aryl methyl sites for hydroxylation is 2. The third kappa shape index (κ3) is 3.12. The molecule has 0 amide bonds. The summed E-state index contributed by atoms with van der Waals surface area (Å²) in [6, 6.07) is 10.1. The van der Waals surface area contributed by atoms with E-state index in [1.165, 1.54) is 0 Å². The van der Waals surface area contributed by atoms with E-state index in [9.17, 15) is 0 Å². The standard InChI is InChI=1S/C16H14ClN3S/c1-10-11(2)19-16(17)13(18-10)8-15-20-14(9-21-15)12-6-4-3-5-7-12/h3-7,9H,8H2,1-2H3. The van der Waals surface area contributed by atoms with Gasteiger partial charge in [0, 0.05) is 17.4 Å². The minimum atomic E-state index is 0.467. The van der Waals surface area contributed by atoms with Crippen LogP contribution < -0.4 is 0 Å². The van der Waals surface area contributed by atoms with E-state index in [-0.39, 0.29) is 0 Å². The molecule has 0 aliphatic rings. The SMILES string of the molecule is Cc1nc(Cl)c(Cc2nc(-c3ccccc3)cs2)nc1C. The van der Waals surface area contributed by atoms with Crippen molar-refractivity contribution in [3.63, 3.8) is 0 Å². The predicted molar refractivity (Wildman–Crippen MR) is 86.9 cm³/mol. The number of rotatable bonds is 3. The van der Waals surface area contributed by atoms with Crippen molar-refractivity contribution in [1.29, 1.82) is 0 Å². The van der Waals surface area contributed by atoms with E-state index in [2.05, 4.69) is 32.5 Å². The Kier molecular flexibility index (Phi) is 3.99. The van der Waals surface area contributed by atoms with Crippen molar-refractivity contribution in [3.05, 3.63) is 63.0 Å².